The highest BCUT2D eigenvalue weighted by Crippen LogP contribution is 2.43. The number of amides is 3. The zero-order chi connectivity index (χ0) is 27.2. The van der Waals surface area contributed by atoms with E-state index in [1.807, 2.05) is 0 Å². The third-order valence-corrected chi connectivity index (χ3v) is 7.67. The maximum absolute atomic E-state index is 13.2. The molecule has 3 atom stereocenters. The fourth-order valence-electron chi connectivity index (χ4n) is 3.66. The fraction of sp³-hybridized carbons (Fsp3) is 0.286. The van der Waals surface area contributed by atoms with Gasteiger partial charge >= 0.3 is 5.97 Å². The summed E-state index contributed by atoms with van der Waals surface area (Å²) in [5.74, 6) is -2.13. The van der Waals surface area contributed by atoms with E-state index in [0.717, 1.165) is 0 Å². The van der Waals surface area contributed by atoms with Crippen molar-refractivity contribution in [1.29, 1.82) is 0 Å². The lowest BCUT2D eigenvalue weighted by atomic mass is 10.0. The van der Waals surface area contributed by atoms with Gasteiger partial charge in [-0.15, -0.1) is 22.0 Å². The van der Waals surface area contributed by atoms with Gasteiger partial charge in [-0.25, -0.2) is 9.78 Å². The normalized spacial score (nSPS) is 19.7. The zero-order valence-corrected chi connectivity index (χ0v) is 21.4. The van der Waals surface area contributed by atoms with Crippen molar-refractivity contribution >= 4 is 59.2 Å². The van der Waals surface area contributed by atoms with Crippen LogP contribution in [0.3, 0.4) is 0 Å². The molecule has 2 aliphatic rings. The maximum atomic E-state index is 13.2. The molecule has 0 radical (unpaired) electrons. The largest absolute Gasteiger partial charge is 0.477 e. The first-order chi connectivity index (χ1) is 18.3. The highest BCUT2D eigenvalue weighted by molar-refractivity contribution is 8.01. The van der Waals surface area contributed by atoms with Gasteiger partial charge in [-0.3, -0.25) is 19.3 Å². The number of tetrazole rings is 1. The van der Waals surface area contributed by atoms with E-state index >= 15 is 0 Å². The molecule has 4 heterocycles. The summed E-state index contributed by atoms with van der Waals surface area (Å²) in [6.45, 7) is 5.32. The SMILES string of the molecule is C=CCON=C(C(=O)NC1C(=O)N2C(C(=O)O)=C(C(C)Sc3nn[nH]n3)CS[C@H]12)c1cccc(NC=O)n1. The number of thioether (sulfide) groups is 2. The Bertz CT molecular complexity index is 1320. The van der Waals surface area contributed by atoms with Crippen LogP contribution in [-0.2, 0) is 24.0 Å². The van der Waals surface area contributed by atoms with Crippen LogP contribution in [0, 0.1) is 0 Å². The third kappa shape index (κ3) is 5.52. The quantitative estimate of drug-likeness (QED) is 0.0515. The second-order valence-electron chi connectivity index (χ2n) is 7.69. The van der Waals surface area contributed by atoms with Gasteiger partial charge in [-0.05, 0) is 29.8 Å². The second kappa shape index (κ2) is 11.9. The van der Waals surface area contributed by atoms with E-state index < -0.39 is 29.2 Å². The first-order valence-electron chi connectivity index (χ1n) is 11.0. The molecule has 1 fully saturated rings. The molecule has 0 aliphatic carbocycles. The van der Waals surface area contributed by atoms with Crippen molar-refractivity contribution < 1.29 is 29.1 Å². The average Bonchev–Trinajstić information content (AvgIpc) is 3.42. The molecular formula is C21H21N9O6S2. The summed E-state index contributed by atoms with van der Waals surface area (Å²) >= 11 is 2.52. The molecule has 0 saturated carbocycles. The molecule has 0 bridgehead atoms. The number of β-lactam (4-membered cyclic amide) rings is 1. The van der Waals surface area contributed by atoms with Crippen LogP contribution in [0.4, 0.5) is 5.82 Å². The van der Waals surface area contributed by atoms with E-state index in [9.17, 15) is 24.3 Å². The number of anilines is 1. The van der Waals surface area contributed by atoms with Crippen LogP contribution >= 0.6 is 23.5 Å². The Labute approximate surface area is 223 Å². The number of aromatic amines is 1. The summed E-state index contributed by atoms with van der Waals surface area (Å²) in [5, 5.41) is 31.7. The van der Waals surface area contributed by atoms with Crippen LogP contribution in [0.5, 0.6) is 0 Å². The van der Waals surface area contributed by atoms with Gasteiger partial charge in [0, 0.05) is 11.0 Å². The lowest BCUT2D eigenvalue weighted by molar-refractivity contribution is -0.150. The van der Waals surface area contributed by atoms with Crippen molar-refractivity contribution in [2.24, 2.45) is 5.16 Å². The Balaban J connectivity index is 1.54. The minimum absolute atomic E-state index is 0.00721. The predicted octanol–water partition coefficient (Wildman–Crippen LogP) is -0.0109. The minimum atomic E-state index is -1.26. The smallest absolute Gasteiger partial charge is 0.352 e. The summed E-state index contributed by atoms with van der Waals surface area (Å²) in [4.78, 5) is 59.7. The molecule has 2 aliphatic heterocycles. The van der Waals surface area contributed by atoms with Crippen LogP contribution < -0.4 is 10.6 Å². The molecule has 2 aromatic rings. The number of nitrogens with zero attached hydrogens (tertiary/aromatic N) is 6. The van der Waals surface area contributed by atoms with Crippen molar-refractivity contribution in [3.63, 3.8) is 0 Å². The van der Waals surface area contributed by atoms with Gasteiger partial charge in [0.2, 0.25) is 11.6 Å². The summed E-state index contributed by atoms with van der Waals surface area (Å²) in [6.07, 6.45) is 1.86. The van der Waals surface area contributed by atoms with Gasteiger partial charge in [-0.1, -0.05) is 35.6 Å². The number of nitrogens with one attached hydrogen (secondary N) is 3. The van der Waals surface area contributed by atoms with Crippen LogP contribution in [0.25, 0.3) is 0 Å². The molecule has 0 aromatic carbocycles. The lowest BCUT2D eigenvalue weighted by Crippen LogP contribution is -2.71. The Kier molecular flexibility index (Phi) is 8.37. The number of hydrogen-bond acceptors (Lipinski definition) is 12. The number of carboxylic acid groups (broad SMARTS) is 1. The van der Waals surface area contributed by atoms with Crippen molar-refractivity contribution in [2.75, 3.05) is 17.7 Å². The van der Waals surface area contributed by atoms with Gasteiger partial charge in [0.05, 0.1) is 0 Å². The van der Waals surface area contributed by atoms with E-state index in [4.69, 9.17) is 4.84 Å². The second-order valence-corrected chi connectivity index (χ2v) is 10.1. The molecule has 1 saturated heterocycles. The predicted molar refractivity (Wildman–Crippen MR) is 136 cm³/mol. The van der Waals surface area contributed by atoms with E-state index in [2.05, 4.69) is 48.0 Å². The van der Waals surface area contributed by atoms with Crippen molar-refractivity contribution in [3.8, 4) is 0 Å². The number of oxime groups is 1. The molecule has 4 rings (SSSR count). The molecular weight excluding hydrogens is 538 g/mol. The number of rotatable bonds is 12. The van der Waals surface area contributed by atoms with Crippen LogP contribution in [0.1, 0.15) is 12.6 Å². The Hall–Kier alpha value is -4.25. The molecule has 17 heteroatoms. The number of carbonyl (C=O) groups excluding carboxylic acids is 3. The molecule has 2 aromatic heterocycles. The van der Waals surface area contributed by atoms with Crippen molar-refractivity contribution in [2.45, 2.75) is 28.7 Å². The highest BCUT2D eigenvalue weighted by atomic mass is 32.2. The molecule has 3 amide bonds. The molecule has 0 spiro atoms. The van der Waals surface area contributed by atoms with E-state index in [1.165, 1.54) is 46.6 Å². The lowest BCUT2D eigenvalue weighted by Gasteiger charge is -2.49. The number of H-pyrrole nitrogens is 1. The Morgan fingerprint density at radius 1 is 1.47 bits per heavy atom. The molecule has 4 N–H and O–H groups in total. The summed E-state index contributed by atoms with van der Waals surface area (Å²) < 4.78 is 0. The number of fused-ring (bicyclic) bond motifs is 1. The summed E-state index contributed by atoms with van der Waals surface area (Å²) in [6, 6.07) is 3.54. The number of carboxylic acids is 1. The van der Waals surface area contributed by atoms with Crippen LogP contribution in [0.15, 0.2) is 52.4 Å². The first kappa shape index (κ1) is 26.8. The first-order valence-corrected chi connectivity index (χ1v) is 12.9. The fourth-order valence-corrected chi connectivity index (χ4v) is 6.07. The Morgan fingerprint density at radius 3 is 2.97 bits per heavy atom. The number of aromatic nitrogens is 5. The zero-order valence-electron chi connectivity index (χ0n) is 19.7. The van der Waals surface area contributed by atoms with E-state index in [0.29, 0.717) is 22.9 Å². The summed E-state index contributed by atoms with van der Waals surface area (Å²) in [5.41, 5.74) is 0.230. The number of hydrogen-bond donors (Lipinski definition) is 4. The number of pyridine rings is 1. The monoisotopic (exact) mass is 559 g/mol. The van der Waals surface area contributed by atoms with Gasteiger partial charge < -0.3 is 20.6 Å². The van der Waals surface area contributed by atoms with E-state index in [-0.39, 0.29) is 34.8 Å². The highest BCUT2D eigenvalue weighted by Gasteiger charge is 2.55. The topological polar surface area (TPSA) is 205 Å². The Morgan fingerprint density at radius 2 is 2.29 bits per heavy atom. The molecule has 2 unspecified atom stereocenters. The van der Waals surface area contributed by atoms with Gasteiger partial charge in [0.1, 0.15) is 35.2 Å². The van der Waals surface area contributed by atoms with Gasteiger partial charge in [0.15, 0.2) is 5.71 Å². The third-order valence-electron chi connectivity index (χ3n) is 5.35. The van der Waals surface area contributed by atoms with Gasteiger partial charge in [0.25, 0.3) is 11.8 Å². The van der Waals surface area contributed by atoms with Crippen molar-refractivity contribution in [1.82, 2.24) is 35.8 Å². The number of carbonyl (C=O) groups is 4. The summed E-state index contributed by atoms with van der Waals surface area (Å²) in [7, 11) is 0. The van der Waals surface area contributed by atoms with E-state index in [1.54, 1.807) is 13.0 Å². The van der Waals surface area contributed by atoms with Crippen LogP contribution in [-0.4, -0.2) is 94.5 Å². The molecule has 15 nitrogen and oxygen atoms in total. The molecule has 198 valence electrons. The maximum Gasteiger partial charge on any atom is 0.352 e. The van der Waals surface area contributed by atoms with Crippen molar-refractivity contribution in [3.05, 3.63) is 47.8 Å². The van der Waals surface area contributed by atoms with Crippen LogP contribution in [0.2, 0.25) is 0 Å². The number of aliphatic carboxylic acids is 1. The average molecular weight is 560 g/mol. The van der Waals surface area contributed by atoms with Gasteiger partial charge in [-0.2, -0.15) is 5.21 Å². The minimum Gasteiger partial charge on any atom is -0.477 e. The molecule has 38 heavy (non-hydrogen) atoms. The standard InChI is InChI=1S/C21H21N9O6S2/c1-3-7-36-27-14(12-5-4-6-13(23-12)22-9-31)17(32)24-15-18(33)30-16(20(34)35)11(8-37-19(15)30)10(2)38-21-25-28-29-26-21/h3-6,9-10,15,19H,1,7-8H2,2H3,(H,24,32)(H,34,35)(H,22,23,31)(H,25,26,28,29)/t10?,15?,19-/m1/s1.